The number of hydrogen-bond acceptors (Lipinski definition) is 1. The van der Waals surface area contributed by atoms with Crippen molar-refractivity contribution in [2.75, 3.05) is 0 Å². The third-order valence-corrected chi connectivity index (χ3v) is 3.04. The monoisotopic (exact) mass is 242 g/mol. The van der Waals surface area contributed by atoms with Gasteiger partial charge >= 0.3 is 0 Å². The summed E-state index contributed by atoms with van der Waals surface area (Å²) in [5, 5.41) is 0. The molecule has 0 radical (unpaired) electrons. The van der Waals surface area contributed by atoms with Gasteiger partial charge in [-0.3, -0.25) is 4.79 Å². The molecule has 0 saturated heterocycles. The average Bonchev–Trinajstić information content (AvgIpc) is 2.32. The molecule has 0 aliphatic rings. The topological polar surface area (TPSA) is 17.1 Å². The zero-order valence-corrected chi connectivity index (χ0v) is 10.5. The molecule has 2 heteroatoms. The summed E-state index contributed by atoms with van der Waals surface area (Å²) in [6.07, 6.45) is 0.311. The zero-order chi connectivity index (χ0) is 13.1. The Morgan fingerprint density at radius 3 is 2.11 bits per heavy atom. The maximum absolute atomic E-state index is 12.8. The minimum absolute atomic E-state index is 0.0807. The molecule has 92 valence electrons. The molecule has 0 fully saturated rings. The minimum atomic E-state index is -0.279. The highest BCUT2D eigenvalue weighted by molar-refractivity contribution is 6.00. The van der Waals surface area contributed by atoms with E-state index < -0.39 is 0 Å². The molecule has 0 spiro atoms. The lowest BCUT2D eigenvalue weighted by Crippen LogP contribution is -2.07. The highest BCUT2D eigenvalue weighted by Crippen LogP contribution is 2.16. The van der Waals surface area contributed by atoms with Crippen molar-refractivity contribution in [2.45, 2.75) is 20.3 Å². The maximum atomic E-state index is 12.8. The lowest BCUT2D eigenvalue weighted by Gasteiger charge is -2.08. The molecule has 0 aliphatic carbocycles. The van der Waals surface area contributed by atoms with Crippen LogP contribution >= 0.6 is 0 Å². The lowest BCUT2D eigenvalue weighted by atomic mass is 9.95. The number of rotatable bonds is 3. The smallest absolute Gasteiger partial charge is 0.167 e. The first-order chi connectivity index (χ1) is 8.58. The van der Waals surface area contributed by atoms with E-state index in [4.69, 9.17) is 0 Å². The summed E-state index contributed by atoms with van der Waals surface area (Å²) < 4.78 is 12.8. The number of ketones is 1. The Hall–Kier alpha value is -1.96. The fraction of sp³-hybridized carbons (Fsp3) is 0.188. The van der Waals surface area contributed by atoms with Gasteiger partial charge in [-0.15, -0.1) is 0 Å². The Morgan fingerprint density at radius 2 is 1.56 bits per heavy atom. The van der Waals surface area contributed by atoms with Crippen LogP contribution in [0, 0.1) is 19.7 Å². The molecule has 0 aromatic heterocycles. The molecule has 0 atom stereocenters. The first-order valence-corrected chi connectivity index (χ1v) is 5.92. The van der Waals surface area contributed by atoms with Crippen molar-refractivity contribution in [2.24, 2.45) is 0 Å². The van der Waals surface area contributed by atoms with Crippen LogP contribution in [-0.2, 0) is 6.42 Å². The van der Waals surface area contributed by atoms with Crippen LogP contribution in [-0.4, -0.2) is 5.78 Å². The molecule has 0 aliphatic heterocycles. The summed E-state index contributed by atoms with van der Waals surface area (Å²) >= 11 is 0. The van der Waals surface area contributed by atoms with E-state index in [0.717, 1.165) is 22.3 Å². The van der Waals surface area contributed by atoms with Crippen LogP contribution in [0.3, 0.4) is 0 Å². The van der Waals surface area contributed by atoms with Crippen LogP contribution in [0.4, 0.5) is 4.39 Å². The quantitative estimate of drug-likeness (QED) is 0.747. The van der Waals surface area contributed by atoms with Gasteiger partial charge in [0.25, 0.3) is 0 Å². The Morgan fingerprint density at radius 1 is 1.00 bits per heavy atom. The molecule has 2 rings (SSSR count). The molecule has 2 aromatic rings. The van der Waals surface area contributed by atoms with E-state index in [9.17, 15) is 9.18 Å². The fourth-order valence-corrected chi connectivity index (χ4v) is 2.13. The Balaban J connectivity index is 2.25. The molecule has 1 nitrogen and oxygen atoms in total. The standard InChI is InChI=1S/C16H15FO/c1-11-4-3-5-12(2)16(11)15(18)10-13-6-8-14(17)9-7-13/h3-9H,10H2,1-2H3. The highest BCUT2D eigenvalue weighted by atomic mass is 19.1. The number of Topliss-reactive ketones (excluding diaryl/α,β-unsaturated/α-hetero) is 1. The van der Waals surface area contributed by atoms with Gasteiger partial charge in [-0.05, 0) is 42.7 Å². The molecule has 0 saturated carbocycles. The van der Waals surface area contributed by atoms with Gasteiger partial charge in [0.05, 0.1) is 0 Å². The number of aryl methyl sites for hydroxylation is 2. The summed E-state index contributed by atoms with van der Waals surface area (Å²) in [4.78, 5) is 12.2. The first kappa shape index (κ1) is 12.5. The van der Waals surface area contributed by atoms with Crippen LogP contribution in [0.5, 0.6) is 0 Å². The van der Waals surface area contributed by atoms with Crippen LogP contribution in [0.25, 0.3) is 0 Å². The molecule has 0 N–H and O–H groups in total. The van der Waals surface area contributed by atoms with E-state index in [2.05, 4.69) is 0 Å². The molecule has 0 unspecified atom stereocenters. The van der Waals surface area contributed by atoms with E-state index in [1.54, 1.807) is 12.1 Å². The fourth-order valence-electron chi connectivity index (χ4n) is 2.13. The van der Waals surface area contributed by atoms with Crippen molar-refractivity contribution in [3.63, 3.8) is 0 Å². The summed E-state index contributed by atoms with van der Waals surface area (Å²) in [6.45, 7) is 3.87. The normalized spacial score (nSPS) is 10.4. The van der Waals surface area contributed by atoms with Crippen LogP contribution in [0.1, 0.15) is 27.0 Å². The summed E-state index contributed by atoms with van der Waals surface area (Å²) in [5.74, 6) is -0.199. The minimum Gasteiger partial charge on any atom is -0.294 e. The summed E-state index contributed by atoms with van der Waals surface area (Å²) in [5.41, 5.74) is 3.59. The van der Waals surface area contributed by atoms with E-state index in [-0.39, 0.29) is 11.6 Å². The second-order valence-corrected chi connectivity index (χ2v) is 4.49. The predicted octanol–water partition coefficient (Wildman–Crippen LogP) is 3.87. The molecule has 0 heterocycles. The Bertz CT molecular complexity index is 550. The molecule has 2 aromatic carbocycles. The van der Waals surface area contributed by atoms with Crippen molar-refractivity contribution in [1.29, 1.82) is 0 Å². The lowest BCUT2D eigenvalue weighted by molar-refractivity contribution is 0.0992. The molecule has 0 amide bonds. The average molecular weight is 242 g/mol. The summed E-state index contributed by atoms with van der Waals surface area (Å²) in [7, 11) is 0. The van der Waals surface area contributed by atoms with E-state index in [1.165, 1.54) is 12.1 Å². The van der Waals surface area contributed by atoms with Gasteiger partial charge in [-0.1, -0.05) is 30.3 Å². The van der Waals surface area contributed by atoms with Crippen LogP contribution in [0.15, 0.2) is 42.5 Å². The van der Waals surface area contributed by atoms with Crippen molar-refractivity contribution >= 4 is 5.78 Å². The second kappa shape index (κ2) is 5.13. The van der Waals surface area contributed by atoms with Gasteiger partial charge in [0.15, 0.2) is 5.78 Å². The van der Waals surface area contributed by atoms with E-state index in [1.807, 2.05) is 32.0 Å². The zero-order valence-electron chi connectivity index (χ0n) is 10.5. The number of carbonyl (C=O) groups is 1. The third-order valence-electron chi connectivity index (χ3n) is 3.04. The number of carbonyl (C=O) groups excluding carboxylic acids is 1. The number of benzene rings is 2. The van der Waals surface area contributed by atoms with Gasteiger partial charge in [0.1, 0.15) is 5.82 Å². The van der Waals surface area contributed by atoms with E-state index >= 15 is 0 Å². The van der Waals surface area contributed by atoms with Crippen molar-refractivity contribution in [1.82, 2.24) is 0 Å². The van der Waals surface area contributed by atoms with E-state index in [0.29, 0.717) is 6.42 Å². The molecule has 0 bridgehead atoms. The van der Waals surface area contributed by atoms with Crippen LogP contribution in [0.2, 0.25) is 0 Å². The van der Waals surface area contributed by atoms with Gasteiger partial charge in [0.2, 0.25) is 0 Å². The van der Waals surface area contributed by atoms with Crippen molar-refractivity contribution < 1.29 is 9.18 Å². The van der Waals surface area contributed by atoms with Gasteiger partial charge in [-0.25, -0.2) is 4.39 Å². The van der Waals surface area contributed by atoms with Crippen LogP contribution < -0.4 is 0 Å². The number of halogens is 1. The molecular formula is C16H15FO. The van der Waals surface area contributed by atoms with Crippen molar-refractivity contribution in [3.05, 3.63) is 70.5 Å². The molecular weight excluding hydrogens is 227 g/mol. The number of hydrogen-bond donors (Lipinski definition) is 0. The predicted molar refractivity (Wildman–Crippen MR) is 70.4 cm³/mol. The largest absolute Gasteiger partial charge is 0.294 e. The summed E-state index contributed by atoms with van der Waals surface area (Å²) in [6, 6.07) is 11.9. The maximum Gasteiger partial charge on any atom is 0.167 e. The molecule has 18 heavy (non-hydrogen) atoms. The van der Waals surface area contributed by atoms with Gasteiger partial charge < -0.3 is 0 Å². The van der Waals surface area contributed by atoms with Crippen molar-refractivity contribution in [3.8, 4) is 0 Å². The Kier molecular flexibility index (Phi) is 3.56. The van der Waals surface area contributed by atoms with Gasteiger partial charge in [-0.2, -0.15) is 0 Å². The third kappa shape index (κ3) is 2.65. The first-order valence-electron chi connectivity index (χ1n) is 5.92. The van der Waals surface area contributed by atoms with Gasteiger partial charge in [0, 0.05) is 12.0 Å². The Labute approximate surface area is 106 Å². The second-order valence-electron chi connectivity index (χ2n) is 4.49. The SMILES string of the molecule is Cc1cccc(C)c1C(=O)Cc1ccc(F)cc1. The highest BCUT2D eigenvalue weighted by Gasteiger charge is 2.12.